The molecule has 2 aromatic rings. The summed E-state index contributed by atoms with van der Waals surface area (Å²) in [4.78, 5) is 30.6. The minimum Gasteiger partial charge on any atom is -0.392 e. The first-order chi connectivity index (χ1) is 14.8. The zero-order chi connectivity index (χ0) is 22.4. The summed E-state index contributed by atoms with van der Waals surface area (Å²) >= 11 is 0. The first-order valence-corrected chi connectivity index (χ1v) is 10.8. The number of amides is 1. The molecule has 0 bridgehead atoms. The molecule has 1 aliphatic rings. The number of nitrogens with one attached hydrogen (secondary N) is 1. The van der Waals surface area contributed by atoms with Gasteiger partial charge >= 0.3 is 0 Å². The summed E-state index contributed by atoms with van der Waals surface area (Å²) in [6, 6.07) is 11.7. The molecule has 0 saturated carbocycles. The van der Waals surface area contributed by atoms with Gasteiger partial charge in [-0.2, -0.15) is 0 Å². The number of likely N-dealkylation sites (tertiary alicyclic amines) is 1. The minimum absolute atomic E-state index is 0.123. The molecule has 1 fully saturated rings. The number of β-amino-alcohol motifs (C(OH)–C–C–N with tert-alkyl or cyclic N) is 1. The van der Waals surface area contributed by atoms with Crippen molar-refractivity contribution >= 4 is 17.5 Å². The second kappa shape index (κ2) is 10.5. The van der Waals surface area contributed by atoms with E-state index in [0.717, 1.165) is 29.7 Å². The second-order valence-corrected chi connectivity index (χ2v) is 8.48. The third kappa shape index (κ3) is 6.32. The van der Waals surface area contributed by atoms with Crippen LogP contribution in [0.2, 0.25) is 0 Å². The van der Waals surface area contributed by atoms with Gasteiger partial charge in [0, 0.05) is 43.4 Å². The molecular formula is C25H31N3O3. The standard InChI is InChI=1S/C25H31N3O3/c1-17(2)25(18(3)29)20-7-4-6-19(14-20)21-9-10-23(26-15-21)27-24(31)8-5-12-28-13-11-22(30)16-28/h4-10,14-15,17,22,25,30H,11-13,16H2,1-3H3,(H,26,27,31)/b8-5+. The third-order valence-electron chi connectivity index (χ3n) is 5.58. The van der Waals surface area contributed by atoms with Crippen LogP contribution in [0.15, 0.2) is 54.7 Å². The van der Waals surface area contributed by atoms with Gasteiger partial charge in [0.1, 0.15) is 11.6 Å². The smallest absolute Gasteiger partial charge is 0.249 e. The van der Waals surface area contributed by atoms with Gasteiger partial charge in [-0.1, -0.05) is 44.2 Å². The lowest BCUT2D eigenvalue weighted by Gasteiger charge is -2.19. The molecule has 1 aliphatic heterocycles. The molecule has 0 radical (unpaired) electrons. The monoisotopic (exact) mass is 421 g/mol. The summed E-state index contributed by atoms with van der Waals surface area (Å²) in [6.45, 7) is 7.90. The maximum absolute atomic E-state index is 12.1. The number of hydrogen-bond acceptors (Lipinski definition) is 5. The van der Waals surface area contributed by atoms with Crippen molar-refractivity contribution in [3.8, 4) is 11.1 Å². The van der Waals surface area contributed by atoms with Crippen LogP contribution in [0.25, 0.3) is 11.1 Å². The third-order valence-corrected chi connectivity index (χ3v) is 5.58. The van der Waals surface area contributed by atoms with Gasteiger partial charge in [-0.3, -0.25) is 14.5 Å². The Morgan fingerprint density at radius 3 is 2.68 bits per heavy atom. The van der Waals surface area contributed by atoms with Gasteiger partial charge in [-0.25, -0.2) is 4.98 Å². The predicted molar refractivity (Wildman–Crippen MR) is 123 cm³/mol. The molecule has 2 N–H and O–H groups in total. The second-order valence-electron chi connectivity index (χ2n) is 8.48. The number of Topliss-reactive ketones (excluding diaryl/α,β-unsaturated/α-hetero) is 1. The molecule has 164 valence electrons. The van der Waals surface area contributed by atoms with Crippen LogP contribution in [0.5, 0.6) is 0 Å². The molecule has 31 heavy (non-hydrogen) atoms. The van der Waals surface area contributed by atoms with Crippen LogP contribution in [0, 0.1) is 5.92 Å². The van der Waals surface area contributed by atoms with Crippen LogP contribution in [-0.4, -0.2) is 52.4 Å². The highest BCUT2D eigenvalue weighted by Crippen LogP contribution is 2.29. The molecule has 2 unspecified atom stereocenters. The van der Waals surface area contributed by atoms with E-state index >= 15 is 0 Å². The van der Waals surface area contributed by atoms with E-state index in [1.165, 1.54) is 6.08 Å². The number of carbonyl (C=O) groups excluding carboxylic acids is 2. The largest absolute Gasteiger partial charge is 0.392 e. The number of ketones is 1. The number of pyridine rings is 1. The Labute approximate surface area is 184 Å². The van der Waals surface area contributed by atoms with Crippen LogP contribution in [0.3, 0.4) is 0 Å². The number of hydrogen-bond donors (Lipinski definition) is 2. The van der Waals surface area contributed by atoms with E-state index in [4.69, 9.17) is 0 Å². The molecule has 2 heterocycles. The van der Waals surface area contributed by atoms with Gasteiger partial charge in [-0.05, 0) is 42.5 Å². The van der Waals surface area contributed by atoms with Gasteiger partial charge in [0.05, 0.1) is 6.10 Å². The molecule has 1 saturated heterocycles. The van der Waals surface area contributed by atoms with E-state index in [2.05, 4.69) is 29.0 Å². The molecular weight excluding hydrogens is 390 g/mol. The quantitative estimate of drug-likeness (QED) is 0.636. The fraction of sp³-hybridized carbons (Fsp3) is 0.400. The average molecular weight is 422 g/mol. The zero-order valence-corrected chi connectivity index (χ0v) is 18.4. The molecule has 3 rings (SSSR count). The number of aliphatic hydroxyl groups excluding tert-OH is 1. The molecule has 6 heteroatoms. The fourth-order valence-electron chi connectivity index (χ4n) is 4.09. The van der Waals surface area contributed by atoms with Crippen molar-refractivity contribution < 1.29 is 14.7 Å². The van der Waals surface area contributed by atoms with Gasteiger partial charge < -0.3 is 10.4 Å². The van der Waals surface area contributed by atoms with Gasteiger partial charge in [0.25, 0.3) is 0 Å². The van der Waals surface area contributed by atoms with E-state index < -0.39 is 0 Å². The van der Waals surface area contributed by atoms with Crippen molar-refractivity contribution in [2.45, 2.75) is 39.2 Å². The van der Waals surface area contributed by atoms with Crippen molar-refractivity contribution in [3.63, 3.8) is 0 Å². The van der Waals surface area contributed by atoms with Crippen LogP contribution in [0.1, 0.15) is 38.7 Å². The maximum Gasteiger partial charge on any atom is 0.249 e. The summed E-state index contributed by atoms with van der Waals surface area (Å²) in [5.41, 5.74) is 2.92. The Morgan fingerprint density at radius 2 is 2.06 bits per heavy atom. The van der Waals surface area contributed by atoms with Crippen molar-refractivity contribution in [2.24, 2.45) is 5.92 Å². The number of aromatic nitrogens is 1. The summed E-state index contributed by atoms with van der Waals surface area (Å²) in [5, 5.41) is 12.3. The number of nitrogens with zero attached hydrogens (tertiary/aromatic N) is 2. The Balaban J connectivity index is 1.61. The first-order valence-electron chi connectivity index (χ1n) is 10.8. The Bertz CT molecular complexity index is 937. The Kier molecular flexibility index (Phi) is 7.71. The lowest BCUT2D eigenvalue weighted by atomic mass is 9.84. The molecule has 1 aromatic carbocycles. The van der Waals surface area contributed by atoms with Crippen molar-refractivity contribution in [1.82, 2.24) is 9.88 Å². The molecule has 2 atom stereocenters. The average Bonchev–Trinajstić information content (AvgIpc) is 3.13. The van der Waals surface area contributed by atoms with Gasteiger partial charge in [-0.15, -0.1) is 0 Å². The number of anilines is 1. The van der Waals surface area contributed by atoms with E-state index in [-0.39, 0.29) is 29.6 Å². The van der Waals surface area contributed by atoms with Crippen molar-refractivity contribution in [2.75, 3.05) is 25.0 Å². The summed E-state index contributed by atoms with van der Waals surface area (Å²) < 4.78 is 0. The topological polar surface area (TPSA) is 82.5 Å². The molecule has 6 nitrogen and oxygen atoms in total. The number of rotatable bonds is 8. The molecule has 0 spiro atoms. The first kappa shape index (κ1) is 22.8. The SMILES string of the molecule is CC(=O)C(c1cccc(-c2ccc(NC(=O)/C=C/CN3CCC(O)C3)nc2)c1)C(C)C. The van der Waals surface area contributed by atoms with E-state index in [1.54, 1.807) is 25.3 Å². The lowest BCUT2D eigenvalue weighted by molar-refractivity contribution is -0.119. The van der Waals surface area contributed by atoms with Crippen LogP contribution >= 0.6 is 0 Å². The van der Waals surface area contributed by atoms with E-state index in [9.17, 15) is 14.7 Å². The molecule has 1 amide bonds. The van der Waals surface area contributed by atoms with Crippen LogP contribution in [-0.2, 0) is 9.59 Å². The Morgan fingerprint density at radius 1 is 1.26 bits per heavy atom. The van der Waals surface area contributed by atoms with Gasteiger partial charge in [0.2, 0.25) is 5.91 Å². The van der Waals surface area contributed by atoms with Crippen molar-refractivity contribution in [3.05, 3.63) is 60.3 Å². The van der Waals surface area contributed by atoms with Crippen LogP contribution in [0.4, 0.5) is 5.82 Å². The van der Waals surface area contributed by atoms with Crippen molar-refractivity contribution in [1.29, 1.82) is 0 Å². The minimum atomic E-state index is -0.260. The molecule has 1 aromatic heterocycles. The summed E-state index contributed by atoms with van der Waals surface area (Å²) in [7, 11) is 0. The Hall–Kier alpha value is -2.83. The highest BCUT2D eigenvalue weighted by molar-refractivity contribution is 5.98. The molecule has 0 aliphatic carbocycles. The van der Waals surface area contributed by atoms with E-state index in [0.29, 0.717) is 18.9 Å². The maximum atomic E-state index is 12.1. The van der Waals surface area contributed by atoms with Crippen LogP contribution < -0.4 is 5.32 Å². The number of carbonyl (C=O) groups is 2. The summed E-state index contributed by atoms with van der Waals surface area (Å²) in [5.74, 6) is 0.518. The zero-order valence-electron chi connectivity index (χ0n) is 18.4. The normalized spacial score (nSPS) is 17.9. The fourth-order valence-corrected chi connectivity index (χ4v) is 4.09. The predicted octanol–water partition coefficient (Wildman–Crippen LogP) is 3.64. The van der Waals surface area contributed by atoms with Gasteiger partial charge in [0.15, 0.2) is 0 Å². The number of benzene rings is 1. The highest BCUT2D eigenvalue weighted by Gasteiger charge is 2.21. The highest BCUT2D eigenvalue weighted by atomic mass is 16.3. The van der Waals surface area contributed by atoms with E-state index in [1.807, 2.05) is 30.3 Å². The lowest BCUT2D eigenvalue weighted by Crippen LogP contribution is -2.22. The summed E-state index contributed by atoms with van der Waals surface area (Å²) in [6.07, 6.45) is 5.54. The number of aliphatic hydroxyl groups is 1.